The van der Waals surface area contributed by atoms with E-state index in [0.717, 1.165) is 17.9 Å². The van der Waals surface area contributed by atoms with Gasteiger partial charge in [-0.05, 0) is 31.0 Å². The number of hydrogen-bond donors (Lipinski definition) is 2. The predicted octanol–water partition coefficient (Wildman–Crippen LogP) is 2.62. The van der Waals surface area contributed by atoms with Crippen molar-refractivity contribution in [3.8, 4) is 0 Å². The molecule has 0 saturated heterocycles. The predicted molar refractivity (Wildman–Crippen MR) is 83.3 cm³/mol. The van der Waals surface area contributed by atoms with Gasteiger partial charge in [0.05, 0.1) is 5.56 Å². The van der Waals surface area contributed by atoms with Crippen LogP contribution in [0.2, 0.25) is 0 Å². The minimum atomic E-state index is 0.0571. The van der Waals surface area contributed by atoms with Crippen LogP contribution in [-0.4, -0.2) is 17.9 Å². The molecule has 1 aromatic heterocycles. The Morgan fingerprint density at radius 1 is 1.30 bits per heavy atom. The molecule has 3 N–H and O–H groups in total. The number of aromatic nitrogens is 1. The molecule has 0 aliphatic rings. The van der Waals surface area contributed by atoms with Crippen LogP contribution >= 0.6 is 0 Å². The van der Waals surface area contributed by atoms with Crippen molar-refractivity contribution in [1.82, 2.24) is 4.98 Å². The van der Waals surface area contributed by atoms with E-state index in [1.54, 1.807) is 6.20 Å². The van der Waals surface area contributed by atoms with Crippen LogP contribution in [0.5, 0.6) is 0 Å². The van der Waals surface area contributed by atoms with Crippen molar-refractivity contribution in [2.75, 3.05) is 11.9 Å². The van der Waals surface area contributed by atoms with Crippen molar-refractivity contribution >= 4 is 11.7 Å². The van der Waals surface area contributed by atoms with Crippen LogP contribution in [0.25, 0.3) is 0 Å². The summed E-state index contributed by atoms with van der Waals surface area (Å²) in [5.74, 6) is 0.806. The Labute approximate surface area is 119 Å². The van der Waals surface area contributed by atoms with E-state index >= 15 is 0 Å². The Kier molecular flexibility index (Phi) is 4.03. The highest BCUT2D eigenvalue weighted by molar-refractivity contribution is 6.00. The summed E-state index contributed by atoms with van der Waals surface area (Å²) in [5, 5.41) is 7.74. The SMILES string of the molecule is Cc1cccc(CN(C)c2nccc(C)c2C(=N)N)c1. The second-order valence-corrected chi connectivity index (χ2v) is 5.09. The molecular formula is C16H20N4. The van der Waals surface area contributed by atoms with Gasteiger partial charge in [-0.3, -0.25) is 5.41 Å². The molecule has 2 aromatic rings. The second-order valence-electron chi connectivity index (χ2n) is 5.09. The molecule has 0 amide bonds. The van der Waals surface area contributed by atoms with Crippen molar-refractivity contribution in [2.24, 2.45) is 5.73 Å². The molecule has 0 radical (unpaired) electrons. The summed E-state index contributed by atoms with van der Waals surface area (Å²) in [6.07, 6.45) is 1.75. The van der Waals surface area contributed by atoms with E-state index in [1.165, 1.54) is 11.1 Å². The number of amidine groups is 1. The molecule has 0 aliphatic carbocycles. The van der Waals surface area contributed by atoms with Gasteiger partial charge in [0.15, 0.2) is 0 Å². The number of pyridine rings is 1. The monoisotopic (exact) mass is 268 g/mol. The average Bonchev–Trinajstić information content (AvgIpc) is 2.37. The molecule has 104 valence electrons. The normalized spacial score (nSPS) is 10.3. The standard InChI is InChI=1S/C16H20N4/c1-11-5-4-6-13(9-11)10-20(3)16-14(15(17)18)12(2)7-8-19-16/h4-9H,10H2,1-3H3,(H3,17,18). The van der Waals surface area contributed by atoms with Gasteiger partial charge in [-0.1, -0.05) is 29.8 Å². The molecule has 1 aromatic carbocycles. The molecule has 0 unspecified atom stereocenters. The first-order valence-corrected chi connectivity index (χ1v) is 6.55. The number of aryl methyl sites for hydroxylation is 2. The number of rotatable bonds is 4. The van der Waals surface area contributed by atoms with Crippen LogP contribution in [0.3, 0.4) is 0 Å². The Morgan fingerprint density at radius 2 is 2.05 bits per heavy atom. The summed E-state index contributed by atoms with van der Waals surface area (Å²) in [4.78, 5) is 6.41. The first-order chi connectivity index (χ1) is 9.49. The van der Waals surface area contributed by atoms with Crippen LogP contribution in [0.1, 0.15) is 22.3 Å². The first-order valence-electron chi connectivity index (χ1n) is 6.55. The highest BCUT2D eigenvalue weighted by Gasteiger charge is 2.14. The number of nitrogens with two attached hydrogens (primary N) is 1. The number of nitrogens with zero attached hydrogens (tertiary/aromatic N) is 2. The number of nitrogens with one attached hydrogen (secondary N) is 1. The van der Waals surface area contributed by atoms with Gasteiger partial charge in [-0.25, -0.2) is 4.98 Å². The van der Waals surface area contributed by atoms with E-state index in [4.69, 9.17) is 11.1 Å². The van der Waals surface area contributed by atoms with E-state index < -0.39 is 0 Å². The third kappa shape index (κ3) is 2.96. The Bertz CT molecular complexity index is 634. The highest BCUT2D eigenvalue weighted by Crippen LogP contribution is 2.21. The zero-order valence-electron chi connectivity index (χ0n) is 12.1. The number of nitrogen functional groups attached to an aromatic ring is 1. The molecule has 0 atom stereocenters. The fourth-order valence-electron chi connectivity index (χ4n) is 2.33. The van der Waals surface area contributed by atoms with Crippen LogP contribution < -0.4 is 10.6 Å². The van der Waals surface area contributed by atoms with Gasteiger partial charge in [0.25, 0.3) is 0 Å². The third-order valence-electron chi connectivity index (χ3n) is 3.27. The van der Waals surface area contributed by atoms with Crippen molar-refractivity contribution in [2.45, 2.75) is 20.4 Å². The quantitative estimate of drug-likeness (QED) is 0.661. The van der Waals surface area contributed by atoms with Crippen LogP contribution in [0.15, 0.2) is 36.5 Å². The molecule has 1 heterocycles. The first kappa shape index (κ1) is 14.1. The van der Waals surface area contributed by atoms with Gasteiger partial charge < -0.3 is 10.6 Å². The summed E-state index contributed by atoms with van der Waals surface area (Å²) in [6.45, 7) is 4.76. The zero-order valence-corrected chi connectivity index (χ0v) is 12.1. The average molecular weight is 268 g/mol. The lowest BCUT2D eigenvalue weighted by Gasteiger charge is -2.22. The van der Waals surface area contributed by atoms with Crippen LogP contribution in [0.4, 0.5) is 5.82 Å². The zero-order chi connectivity index (χ0) is 14.7. The molecule has 20 heavy (non-hydrogen) atoms. The minimum Gasteiger partial charge on any atom is -0.384 e. The van der Waals surface area contributed by atoms with E-state index in [9.17, 15) is 0 Å². The van der Waals surface area contributed by atoms with Gasteiger partial charge in [-0.15, -0.1) is 0 Å². The number of hydrogen-bond acceptors (Lipinski definition) is 3. The molecule has 0 fully saturated rings. The molecule has 4 heteroatoms. The third-order valence-corrected chi connectivity index (χ3v) is 3.27. The summed E-state index contributed by atoms with van der Waals surface area (Å²) in [7, 11) is 1.97. The molecule has 2 rings (SSSR count). The lowest BCUT2D eigenvalue weighted by molar-refractivity contribution is 0.892. The molecule has 0 spiro atoms. The van der Waals surface area contributed by atoms with Crippen LogP contribution in [0, 0.1) is 19.3 Å². The number of anilines is 1. The molecule has 0 saturated carbocycles. The number of benzene rings is 1. The largest absolute Gasteiger partial charge is 0.384 e. The van der Waals surface area contributed by atoms with Gasteiger partial charge in [0, 0.05) is 19.8 Å². The van der Waals surface area contributed by atoms with Gasteiger partial charge in [-0.2, -0.15) is 0 Å². The maximum absolute atomic E-state index is 7.74. The highest BCUT2D eigenvalue weighted by atomic mass is 15.2. The Hall–Kier alpha value is -2.36. The van der Waals surface area contributed by atoms with Gasteiger partial charge in [0.2, 0.25) is 0 Å². The summed E-state index contributed by atoms with van der Waals surface area (Å²) < 4.78 is 0. The fourth-order valence-corrected chi connectivity index (χ4v) is 2.33. The second kappa shape index (κ2) is 5.74. The Balaban J connectivity index is 2.32. The van der Waals surface area contributed by atoms with Gasteiger partial charge in [0.1, 0.15) is 11.7 Å². The van der Waals surface area contributed by atoms with Crippen molar-refractivity contribution in [3.05, 3.63) is 58.8 Å². The lowest BCUT2D eigenvalue weighted by Crippen LogP contribution is -2.24. The topological polar surface area (TPSA) is 66.0 Å². The van der Waals surface area contributed by atoms with E-state index in [1.807, 2.05) is 31.0 Å². The minimum absolute atomic E-state index is 0.0571. The van der Waals surface area contributed by atoms with E-state index in [0.29, 0.717) is 5.56 Å². The smallest absolute Gasteiger partial charge is 0.139 e. The van der Waals surface area contributed by atoms with Crippen molar-refractivity contribution in [3.63, 3.8) is 0 Å². The maximum Gasteiger partial charge on any atom is 0.139 e. The summed E-state index contributed by atoms with van der Waals surface area (Å²) >= 11 is 0. The van der Waals surface area contributed by atoms with Gasteiger partial charge >= 0.3 is 0 Å². The van der Waals surface area contributed by atoms with Crippen molar-refractivity contribution in [1.29, 1.82) is 5.41 Å². The summed E-state index contributed by atoms with van der Waals surface area (Å²) in [6, 6.07) is 10.2. The molecule has 0 bridgehead atoms. The lowest BCUT2D eigenvalue weighted by atomic mass is 10.1. The van der Waals surface area contributed by atoms with E-state index in [-0.39, 0.29) is 5.84 Å². The van der Waals surface area contributed by atoms with Crippen molar-refractivity contribution < 1.29 is 0 Å². The molecule has 0 aliphatic heterocycles. The summed E-state index contributed by atoms with van der Waals surface area (Å²) in [5.41, 5.74) is 9.82. The van der Waals surface area contributed by atoms with Crippen LogP contribution in [-0.2, 0) is 6.54 Å². The molecular weight excluding hydrogens is 248 g/mol. The van der Waals surface area contributed by atoms with E-state index in [2.05, 4.69) is 30.1 Å². The maximum atomic E-state index is 7.74. The molecule has 4 nitrogen and oxygen atoms in total. The fraction of sp³-hybridized carbons (Fsp3) is 0.250. The Morgan fingerprint density at radius 3 is 2.70 bits per heavy atom.